The minimum atomic E-state index is -3.86. The molecule has 1 fully saturated rings. The molecule has 1 aliphatic rings. The third-order valence-corrected chi connectivity index (χ3v) is 5.47. The number of ether oxygens (including phenoxy) is 1. The van der Waals surface area contributed by atoms with Crippen LogP contribution < -0.4 is 15.7 Å². The lowest BCUT2D eigenvalue weighted by atomic mass is 10.3. The van der Waals surface area contributed by atoms with Crippen LogP contribution >= 0.6 is 0 Å². The molecule has 0 saturated carbocycles. The number of benzene rings is 1. The van der Waals surface area contributed by atoms with E-state index in [1.165, 1.54) is 18.2 Å². The van der Waals surface area contributed by atoms with Crippen LogP contribution in [0.25, 0.3) is 11.0 Å². The van der Waals surface area contributed by atoms with Gasteiger partial charge in [-0.05, 0) is 18.2 Å². The average Bonchev–Trinajstić information content (AvgIpc) is 3.00. The highest BCUT2D eigenvalue weighted by molar-refractivity contribution is 7.89. The normalized spacial score (nSPS) is 16.0. The molecular formula is C15H21N5O5S. The first kappa shape index (κ1) is 18.6. The molecule has 10 nitrogen and oxygen atoms in total. The zero-order chi connectivity index (χ0) is 18.6. The Morgan fingerprint density at radius 1 is 1.19 bits per heavy atom. The molecular weight excluding hydrogens is 362 g/mol. The minimum absolute atomic E-state index is 0.0265. The number of H-pyrrole nitrogens is 2. The van der Waals surface area contributed by atoms with Crippen molar-refractivity contribution in [3.8, 4) is 0 Å². The molecule has 0 aliphatic carbocycles. The van der Waals surface area contributed by atoms with Crippen LogP contribution in [0.2, 0.25) is 0 Å². The Balaban J connectivity index is 1.50. The Labute approximate surface area is 150 Å². The first-order valence-electron chi connectivity index (χ1n) is 8.22. The summed E-state index contributed by atoms with van der Waals surface area (Å²) in [5.74, 6) is -0.405. The van der Waals surface area contributed by atoms with E-state index in [-0.39, 0.29) is 11.4 Å². The highest BCUT2D eigenvalue weighted by Gasteiger charge is 2.17. The summed E-state index contributed by atoms with van der Waals surface area (Å²) in [7, 11) is -3.86. The first-order chi connectivity index (χ1) is 12.4. The van der Waals surface area contributed by atoms with E-state index in [9.17, 15) is 18.0 Å². The van der Waals surface area contributed by atoms with Crippen molar-refractivity contribution < 1.29 is 17.9 Å². The topological polar surface area (TPSA) is 136 Å². The first-order valence-corrected chi connectivity index (χ1v) is 9.71. The number of sulfonamides is 1. The fraction of sp³-hybridized carbons (Fsp3) is 0.467. The van der Waals surface area contributed by atoms with Gasteiger partial charge >= 0.3 is 5.69 Å². The number of carbonyl (C=O) groups is 1. The van der Waals surface area contributed by atoms with Gasteiger partial charge in [0, 0.05) is 26.2 Å². The molecule has 1 saturated heterocycles. The van der Waals surface area contributed by atoms with Gasteiger partial charge < -0.3 is 20.0 Å². The molecule has 11 heteroatoms. The van der Waals surface area contributed by atoms with Gasteiger partial charge in [-0.2, -0.15) is 0 Å². The molecule has 0 atom stereocenters. The van der Waals surface area contributed by atoms with Gasteiger partial charge in [0.25, 0.3) is 0 Å². The SMILES string of the molecule is O=C(CNS(=O)(=O)c1ccc2[nH]c(=O)[nH]c2c1)NCCN1CCOCC1. The minimum Gasteiger partial charge on any atom is -0.379 e. The summed E-state index contributed by atoms with van der Waals surface area (Å²) in [6.45, 7) is 3.80. The summed E-state index contributed by atoms with van der Waals surface area (Å²) >= 11 is 0. The monoisotopic (exact) mass is 383 g/mol. The second-order valence-corrected chi connectivity index (χ2v) is 7.68. The molecule has 2 heterocycles. The molecule has 1 aromatic heterocycles. The Hall–Kier alpha value is -2.21. The van der Waals surface area contributed by atoms with E-state index in [0.29, 0.717) is 37.3 Å². The number of nitrogens with zero attached hydrogens (tertiary/aromatic N) is 1. The summed E-state index contributed by atoms with van der Waals surface area (Å²) in [4.78, 5) is 30.3. The van der Waals surface area contributed by atoms with Crippen molar-refractivity contribution in [2.75, 3.05) is 45.9 Å². The van der Waals surface area contributed by atoms with Crippen molar-refractivity contribution >= 4 is 27.0 Å². The number of hydrogen-bond donors (Lipinski definition) is 4. The third kappa shape index (κ3) is 4.69. The maximum Gasteiger partial charge on any atom is 0.323 e. The Morgan fingerprint density at radius 2 is 1.92 bits per heavy atom. The summed E-state index contributed by atoms with van der Waals surface area (Å²) in [5.41, 5.74) is 0.477. The Morgan fingerprint density at radius 3 is 2.69 bits per heavy atom. The lowest BCUT2D eigenvalue weighted by Crippen LogP contribution is -2.43. The zero-order valence-electron chi connectivity index (χ0n) is 14.1. The molecule has 1 aromatic carbocycles. The van der Waals surface area contributed by atoms with Gasteiger partial charge in [-0.1, -0.05) is 0 Å². The van der Waals surface area contributed by atoms with Crippen molar-refractivity contribution in [1.29, 1.82) is 0 Å². The van der Waals surface area contributed by atoms with Gasteiger partial charge in [0.1, 0.15) is 0 Å². The zero-order valence-corrected chi connectivity index (χ0v) is 14.9. The smallest absolute Gasteiger partial charge is 0.323 e. The highest BCUT2D eigenvalue weighted by Crippen LogP contribution is 2.14. The molecule has 3 rings (SSSR count). The number of hydrogen-bond acceptors (Lipinski definition) is 6. The number of aromatic amines is 2. The number of carbonyl (C=O) groups excluding carboxylic acids is 1. The fourth-order valence-electron chi connectivity index (χ4n) is 2.66. The number of amides is 1. The van der Waals surface area contributed by atoms with Crippen LogP contribution in [0, 0.1) is 0 Å². The number of aromatic nitrogens is 2. The quantitative estimate of drug-likeness (QED) is 0.463. The largest absolute Gasteiger partial charge is 0.379 e. The van der Waals surface area contributed by atoms with Crippen LogP contribution in [-0.2, 0) is 19.6 Å². The molecule has 0 bridgehead atoms. The standard InChI is InChI=1S/C15H21N5O5S/c21-14(16-3-4-20-5-7-25-8-6-20)10-17-26(23,24)11-1-2-12-13(9-11)19-15(22)18-12/h1-2,9,17H,3-8,10H2,(H,16,21)(H2,18,19,22). The third-order valence-electron chi connectivity index (χ3n) is 4.07. The van der Waals surface area contributed by atoms with Crippen molar-refractivity contribution in [2.45, 2.75) is 4.90 Å². The van der Waals surface area contributed by atoms with Crippen LogP contribution in [0.15, 0.2) is 27.9 Å². The van der Waals surface area contributed by atoms with Crippen molar-refractivity contribution in [3.63, 3.8) is 0 Å². The van der Waals surface area contributed by atoms with E-state index in [1.54, 1.807) is 0 Å². The van der Waals surface area contributed by atoms with E-state index in [1.807, 2.05) is 0 Å². The predicted molar refractivity (Wildman–Crippen MR) is 94.4 cm³/mol. The number of rotatable bonds is 7. The second-order valence-electron chi connectivity index (χ2n) is 5.92. The molecule has 0 radical (unpaired) electrons. The fourth-order valence-corrected chi connectivity index (χ4v) is 3.67. The molecule has 1 aliphatic heterocycles. The van der Waals surface area contributed by atoms with Gasteiger partial charge in [0.05, 0.1) is 35.7 Å². The number of imidazole rings is 1. The lowest BCUT2D eigenvalue weighted by molar-refractivity contribution is -0.120. The summed E-state index contributed by atoms with van der Waals surface area (Å²) in [6, 6.07) is 4.20. The number of fused-ring (bicyclic) bond motifs is 1. The van der Waals surface area contributed by atoms with E-state index < -0.39 is 21.6 Å². The van der Waals surface area contributed by atoms with Crippen LogP contribution in [0.1, 0.15) is 0 Å². The number of morpholine rings is 1. The van der Waals surface area contributed by atoms with Gasteiger partial charge in [0.15, 0.2) is 0 Å². The van der Waals surface area contributed by atoms with E-state index in [0.717, 1.165) is 13.1 Å². The van der Waals surface area contributed by atoms with Crippen molar-refractivity contribution in [2.24, 2.45) is 0 Å². The van der Waals surface area contributed by atoms with Crippen LogP contribution in [-0.4, -0.2) is 75.1 Å². The maximum atomic E-state index is 12.3. The molecule has 26 heavy (non-hydrogen) atoms. The molecule has 1 amide bonds. The lowest BCUT2D eigenvalue weighted by Gasteiger charge is -2.26. The van der Waals surface area contributed by atoms with E-state index >= 15 is 0 Å². The molecule has 2 aromatic rings. The van der Waals surface area contributed by atoms with Crippen molar-refractivity contribution in [3.05, 3.63) is 28.7 Å². The van der Waals surface area contributed by atoms with Crippen LogP contribution in [0.4, 0.5) is 0 Å². The molecule has 4 N–H and O–H groups in total. The highest BCUT2D eigenvalue weighted by atomic mass is 32.2. The van der Waals surface area contributed by atoms with Gasteiger partial charge in [-0.25, -0.2) is 17.9 Å². The summed E-state index contributed by atoms with van der Waals surface area (Å²) < 4.78 is 32.1. The molecule has 0 unspecified atom stereocenters. The second kappa shape index (κ2) is 7.99. The van der Waals surface area contributed by atoms with Gasteiger partial charge in [0.2, 0.25) is 15.9 Å². The summed E-state index contributed by atoms with van der Waals surface area (Å²) in [5, 5.41) is 2.69. The van der Waals surface area contributed by atoms with Gasteiger partial charge in [-0.15, -0.1) is 0 Å². The van der Waals surface area contributed by atoms with Crippen LogP contribution in [0.5, 0.6) is 0 Å². The summed E-state index contributed by atoms with van der Waals surface area (Å²) in [6.07, 6.45) is 0. The van der Waals surface area contributed by atoms with Crippen LogP contribution in [0.3, 0.4) is 0 Å². The Bertz CT molecular complexity index is 929. The molecule has 0 spiro atoms. The Kier molecular flexibility index (Phi) is 5.71. The van der Waals surface area contributed by atoms with E-state index in [4.69, 9.17) is 4.74 Å². The predicted octanol–water partition coefficient (Wildman–Crippen LogP) is -1.42. The maximum absolute atomic E-state index is 12.3. The molecule has 142 valence electrons. The van der Waals surface area contributed by atoms with Gasteiger partial charge in [-0.3, -0.25) is 9.69 Å². The van der Waals surface area contributed by atoms with Crippen molar-refractivity contribution in [1.82, 2.24) is 24.9 Å². The average molecular weight is 383 g/mol. The van der Waals surface area contributed by atoms with E-state index in [2.05, 4.69) is 24.9 Å². The number of nitrogens with one attached hydrogen (secondary N) is 4.